The summed E-state index contributed by atoms with van der Waals surface area (Å²) in [5, 5.41) is 0. The summed E-state index contributed by atoms with van der Waals surface area (Å²) in [6, 6.07) is 4.09. The Bertz CT molecular complexity index is 382. The fourth-order valence-corrected chi connectivity index (χ4v) is 1.19. The largest absolute Gasteiger partial charge is 0.491 e. The van der Waals surface area contributed by atoms with Gasteiger partial charge in [-0.05, 0) is 6.07 Å². The third kappa shape index (κ3) is 5.33. The predicted molar refractivity (Wildman–Crippen MR) is 56.7 cm³/mol. The van der Waals surface area contributed by atoms with Crippen LogP contribution in [0.4, 0.5) is 17.6 Å². The van der Waals surface area contributed by atoms with Crippen molar-refractivity contribution < 1.29 is 27.0 Å². The van der Waals surface area contributed by atoms with E-state index in [2.05, 4.69) is 4.74 Å². The van der Waals surface area contributed by atoms with Crippen molar-refractivity contribution in [2.24, 2.45) is 5.73 Å². The average molecular weight is 267 g/mol. The monoisotopic (exact) mass is 267 g/mol. The summed E-state index contributed by atoms with van der Waals surface area (Å²) in [6.45, 7) is -1.56. The van der Waals surface area contributed by atoms with Gasteiger partial charge in [0.2, 0.25) is 0 Å². The number of rotatable bonds is 6. The Morgan fingerprint density at radius 1 is 1.17 bits per heavy atom. The molecule has 0 saturated heterocycles. The fraction of sp³-hybridized carbons (Fsp3) is 0.455. The van der Waals surface area contributed by atoms with Crippen LogP contribution >= 0.6 is 0 Å². The van der Waals surface area contributed by atoms with Gasteiger partial charge in [-0.2, -0.15) is 13.2 Å². The first-order valence-corrected chi connectivity index (χ1v) is 5.18. The molecule has 18 heavy (non-hydrogen) atoms. The van der Waals surface area contributed by atoms with E-state index in [1.165, 1.54) is 12.1 Å². The second-order valence-electron chi connectivity index (χ2n) is 3.47. The molecule has 0 bridgehead atoms. The van der Waals surface area contributed by atoms with Gasteiger partial charge in [-0.25, -0.2) is 4.39 Å². The number of halogens is 4. The van der Waals surface area contributed by atoms with Gasteiger partial charge in [-0.3, -0.25) is 0 Å². The number of ether oxygens (including phenoxy) is 2. The zero-order valence-corrected chi connectivity index (χ0v) is 9.47. The summed E-state index contributed by atoms with van der Waals surface area (Å²) in [5.41, 5.74) is 5.62. The van der Waals surface area contributed by atoms with Crippen LogP contribution in [0.1, 0.15) is 5.56 Å². The van der Waals surface area contributed by atoms with Crippen LogP contribution in [0.15, 0.2) is 18.2 Å². The second kappa shape index (κ2) is 6.55. The highest BCUT2D eigenvalue weighted by Crippen LogP contribution is 2.17. The lowest BCUT2D eigenvalue weighted by Gasteiger charge is -2.09. The number of nitrogens with two attached hydrogens (primary N) is 1. The molecule has 0 radical (unpaired) electrons. The summed E-state index contributed by atoms with van der Waals surface area (Å²) >= 11 is 0. The van der Waals surface area contributed by atoms with Crippen molar-refractivity contribution in [1.29, 1.82) is 0 Å². The maximum absolute atomic E-state index is 13.2. The van der Waals surface area contributed by atoms with Crippen LogP contribution in [0.25, 0.3) is 0 Å². The number of hydrogen-bond acceptors (Lipinski definition) is 3. The van der Waals surface area contributed by atoms with Gasteiger partial charge in [-0.15, -0.1) is 0 Å². The molecule has 1 aromatic carbocycles. The average Bonchev–Trinajstić information content (AvgIpc) is 2.27. The first-order chi connectivity index (χ1) is 8.42. The molecule has 102 valence electrons. The number of hydrogen-bond donors (Lipinski definition) is 1. The van der Waals surface area contributed by atoms with E-state index in [-0.39, 0.29) is 25.5 Å². The molecule has 2 N–H and O–H groups in total. The van der Waals surface area contributed by atoms with Gasteiger partial charge in [0, 0.05) is 18.2 Å². The quantitative estimate of drug-likeness (QED) is 0.635. The third-order valence-electron chi connectivity index (χ3n) is 2.01. The second-order valence-corrected chi connectivity index (χ2v) is 3.47. The number of alkyl halides is 3. The first-order valence-electron chi connectivity index (χ1n) is 5.18. The van der Waals surface area contributed by atoms with E-state index < -0.39 is 18.6 Å². The molecule has 7 heteroatoms. The normalized spacial score (nSPS) is 11.6. The van der Waals surface area contributed by atoms with Crippen molar-refractivity contribution in [3.05, 3.63) is 29.6 Å². The molecule has 0 unspecified atom stereocenters. The number of benzene rings is 1. The zero-order valence-electron chi connectivity index (χ0n) is 9.47. The molecule has 0 aliphatic heterocycles. The van der Waals surface area contributed by atoms with Crippen molar-refractivity contribution in [2.75, 3.05) is 19.8 Å². The van der Waals surface area contributed by atoms with Crippen molar-refractivity contribution in [1.82, 2.24) is 0 Å². The Morgan fingerprint density at radius 3 is 2.44 bits per heavy atom. The van der Waals surface area contributed by atoms with Crippen LogP contribution in [-0.2, 0) is 11.3 Å². The highest BCUT2D eigenvalue weighted by atomic mass is 19.4. The molecule has 0 aliphatic rings. The lowest BCUT2D eigenvalue weighted by Crippen LogP contribution is -2.19. The Kier molecular flexibility index (Phi) is 5.36. The van der Waals surface area contributed by atoms with Crippen molar-refractivity contribution >= 4 is 0 Å². The fourth-order valence-electron chi connectivity index (χ4n) is 1.19. The van der Waals surface area contributed by atoms with Crippen LogP contribution in [0.5, 0.6) is 5.75 Å². The molecule has 0 amide bonds. The smallest absolute Gasteiger partial charge is 0.411 e. The van der Waals surface area contributed by atoms with Gasteiger partial charge in [0.05, 0.1) is 6.61 Å². The minimum atomic E-state index is -4.35. The van der Waals surface area contributed by atoms with Crippen LogP contribution in [0.2, 0.25) is 0 Å². The maximum Gasteiger partial charge on any atom is 0.411 e. The van der Waals surface area contributed by atoms with Gasteiger partial charge in [-0.1, -0.05) is 6.07 Å². The molecule has 0 aliphatic carbocycles. The van der Waals surface area contributed by atoms with E-state index in [4.69, 9.17) is 10.5 Å². The van der Waals surface area contributed by atoms with Crippen LogP contribution in [0, 0.1) is 5.82 Å². The van der Waals surface area contributed by atoms with Crippen LogP contribution in [-0.4, -0.2) is 26.0 Å². The highest BCUT2D eigenvalue weighted by molar-refractivity contribution is 5.28. The molecular weight excluding hydrogens is 254 g/mol. The van der Waals surface area contributed by atoms with E-state index in [0.29, 0.717) is 5.56 Å². The summed E-state index contributed by atoms with van der Waals surface area (Å²) in [4.78, 5) is 0. The Balaban J connectivity index is 2.29. The molecular formula is C11H13F4NO2. The topological polar surface area (TPSA) is 44.5 Å². The Labute approximate surface area is 101 Å². The minimum Gasteiger partial charge on any atom is -0.491 e. The summed E-state index contributed by atoms with van der Waals surface area (Å²) in [5.74, 6) is -0.286. The van der Waals surface area contributed by atoms with Crippen molar-refractivity contribution in [3.63, 3.8) is 0 Å². The molecule has 0 saturated carbocycles. The van der Waals surface area contributed by atoms with Gasteiger partial charge >= 0.3 is 6.18 Å². The van der Waals surface area contributed by atoms with E-state index in [1.807, 2.05) is 0 Å². The lowest BCUT2D eigenvalue weighted by molar-refractivity contribution is -0.175. The maximum atomic E-state index is 13.2. The standard InChI is InChI=1S/C11H13F4NO2/c12-10-5-9(2-1-8(10)6-16)18-4-3-17-7-11(13,14)15/h1-2,5H,3-4,6-7,16H2. The molecule has 1 rings (SSSR count). The van der Waals surface area contributed by atoms with Crippen molar-refractivity contribution in [3.8, 4) is 5.75 Å². The molecule has 0 heterocycles. The minimum absolute atomic E-state index is 0.0702. The molecule has 0 aromatic heterocycles. The van der Waals surface area contributed by atoms with Crippen LogP contribution < -0.4 is 10.5 Å². The SMILES string of the molecule is NCc1ccc(OCCOCC(F)(F)F)cc1F. The summed E-state index contributed by atoms with van der Waals surface area (Å²) in [7, 11) is 0. The predicted octanol–water partition coefficient (Wildman–Crippen LogP) is 2.24. The lowest BCUT2D eigenvalue weighted by atomic mass is 10.2. The van der Waals surface area contributed by atoms with Gasteiger partial charge in [0.1, 0.15) is 24.8 Å². The molecule has 0 spiro atoms. The highest BCUT2D eigenvalue weighted by Gasteiger charge is 2.27. The van der Waals surface area contributed by atoms with E-state index >= 15 is 0 Å². The van der Waals surface area contributed by atoms with Crippen molar-refractivity contribution in [2.45, 2.75) is 12.7 Å². The van der Waals surface area contributed by atoms with Crippen LogP contribution in [0.3, 0.4) is 0 Å². The van der Waals surface area contributed by atoms with E-state index in [0.717, 1.165) is 6.07 Å². The van der Waals surface area contributed by atoms with E-state index in [9.17, 15) is 17.6 Å². The summed E-state index contributed by atoms with van der Waals surface area (Å²) < 4.78 is 57.7. The Morgan fingerprint density at radius 2 is 1.89 bits per heavy atom. The molecule has 3 nitrogen and oxygen atoms in total. The van der Waals surface area contributed by atoms with E-state index in [1.54, 1.807) is 0 Å². The first kappa shape index (κ1) is 14.7. The molecule has 0 fully saturated rings. The Hall–Kier alpha value is -1.34. The third-order valence-corrected chi connectivity index (χ3v) is 2.01. The van der Waals surface area contributed by atoms with Gasteiger partial charge in [0.25, 0.3) is 0 Å². The zero-order chi connectivity index (χ0) is 13.6. The molecule has 0 atom stereocenters. The van der Waals surface area contributed by atoms with Gasteiger partial charge < -0.3 is 15.2 Å². The molecule has 1 aromatic rings. The summed E-state index contributed by atoms with van der Waals surface area (Å²) in [6.07, 6.45) is -4.35. The van der Waals surface area contributed by atoms with Gasteiger partial charge in [0.15, 0.2) is 0 Å².